The van der Waals surface area contributed by atoms with Gasteiger partial charge in [0.1, 0.15) is 5.83 Å². The Morgan fingerprint density at radius 2 is 1.70 bits per heavy atom. The Labute approximate surface area is 59.6 Å². The molecule has 0 saturated carbocycles. The van der Waals surface area contributed by atoms with Crippen LogP contribution in [-0.2, 0) is 0 Å². The molecule has 0 aliphatic heterocycles. The molecule has 0 aliphatic rings. The lowest BCUT2D eigenvalue weighted by Gasteiger charge is -1.89. The summed E-state index contributed by atoms with van der Waals surface area (Å²) in [5.41, 5.74) is 0.416. The van der Waals surface area contributed by atoms with Crippen LogP contribution in [0.2, 0.25) is 0 Å². The summed E-state index contributed by atoms with van der Waals surface area (Å²) in [6.45, 7) is 5.87. The van der Waals surface area contributed by atoms with E-state index in [1.54, 1.807) is 6.92 Å². The Balaban J connectivity index is 4.16. The molecule has 0 aromatic rings. The van der Waals surface area contributed by atoms with Crippen molar-refractivity contribution in [3.8, 4) is 0 Å². The average molecular weight is 144 g/mol. The van der Waals surface area contributed by atoms with Crippen molar-refractivity contribution in [2.45, 2.75) is 13.8 Å². The van der Waals surface area contributed by atoms with Crippen LogP contribution in [-0.4, -0.2) is 0 Å². The summed E-state index contributed by atoms with van der Waals surface area (Å²) < 4.78 is 24.1. The summed E-state index contributed by atoms with van der Waals surface area (Å²) in [6, 6.07) is 0. The predicted molar refractivity (Wildman–Crippen MR) is 38.9 cm³/mol. The molecule has 0 atom stereocenters. The van der Waals surface area contributed by atoms with Gasteiger partial charge in [-0.3, -0.25) is 0 Å². The van der Waals surface area contributed by atoms with E-state index in [2.05, 4.69) is 6.58 Å². The molecule has 0 N–H and O–H groups in total. The van der Waals surface area contributed by atoms with E-state index in [9.17, 15) is 8.78 Å². The highest BCUT2D eigenvalue weighted by atomic mass is 19.1. The predicted octanol–water partition coefficient (Wildman–Crippen LogP) is 3.29. The fourth-order valence-corrected chi connectivity index (χ4v) is 0.330. The molecule has 0 saturated heterocycles. The van der Waals surface area contributed by atoms with Crippen molar-refractivity contribution in [1.29, 1.82) is 0 Å². The Bertz CT molecular complexity index is 183. The van der Waals surface area contributed by atoms with Crippen molar-refractivity contribution in [3.63, 3.8) is 0 Å². The van der Waals surface area contributed by atoms with Crippen LogP contribution in [0.4, 0.5) is 8.78 Å². The van der Waals surface area contributed by atoms with Gasteiger partial charge in [-0.1, -0.05) is 12.7 Å². The van der Waals surface area contributed by atoms with E-state index in [1.165, 1.54) is 13.0 Å². The lowest BCUT2D eigenvalue weighted by Crippen LogP contribution is -1.71. The number of hydrogen-bond acceptors (Lipinski definition) is 0. The molecule has 0 aromatic carbocycles. The van der Waals surface area contributed by atoms with Crippen LogP contribution in [0, 0.1) is 0 Å². The van der Waals surface area contributed by atoms with Crippen LogP contribution in [0.1, 0.15) is 13.8 Å². The SMILES string of the molecule is C=C(F)/C=C\C(C)=C(/C)F. The highest BCUT2D eigenvalue weighted by molar-refractivity contribution is 5.23. The summed E-state index contributed by atoms with van der Waals surface area (Å²) in [5.74, 6) is -0.877. The number of allylic oxidation sites excluding steroid dienone is 5. The topological polar surface area (TPSA) is 0 Å². The molecule has 0 spiro atoms. The molecule has 0 radical (unpaired) electrons. The second-order valence-corrected chi connectivity index (χ2v) is 2.00. The van der Waals surface area contributed by atoms with Crippen LogP contribution in [0.15, 0.2) is 36.0 Å². The van der Waals surface area contributed by atoms with Crippen LogP contribution in [0.25, 0.3) is 0 Å². The first-order chi connectivity index (χ1) is 4.54. The van der Waals surface area contributed by atoms with Crippen LogP contribution >= 0.6 is 0 Å². The molecule has 10 heavy (non-hydrogen) atoms. The smallest absolute Gasteiger partial charge is 0.116 e. The van der Waals surface area contributed by atoms with Gasteiger partial charge in [-0.05, 0) is 25.5 Å². The second kappa shape index (κ2) is 3.99. The monoisotopic (exact) mass is 144 g/mol. The van der Waals surface area contributed by atoms with Crippen LogP contribution in [0.3, 0.4) is 0 Å². The van der Waals surface area contributed by atoms with E-state index in [-0.39, 0.29) is 5.83 Å². The zero-order chi connectivity index (χ0) is 8.15. The van der Waals surface area contributed by atoms with Crippen molar-refractivity contribution in [1.82, 2.24) is 0 Å². The highest BCUT2D eigenvalue weighted by Crippen LogP contribution is 2.06. The van der Waals surface area contributed by atoms with Gasteiger partial charge >= 0.3 is 0 Å². The summed E-state index contributed by atoms with van der Waals surface area (Å²) in [4.78, 5) is 0. The van der Waals surface area contributed by atoms with Gasteiger partial charge in [0.05, 0.1) is 5.83 Å². The molecule has 0 aromatic heterocycles. The fraction of sp³-hybridized carbons (Fsp3) is 0.250. The third kappa shape index (κ3) is 4.01. The number of halogens is 2. The average Bonchev–Trinajstić information content (AvgIpc) is 1.82. The molecule has 0 rings (SSSR count). The summed E-state index contributed by atoms with van der Waals surface area (Å²) >= 11 is 0. The van der Waals surface area contributed by atoms with Gasteiger partial charge in [0, 0.05) is 0 Å². The third-order valence-electron chi connectivity index (χ3n) is 1.06. The Morgan fingerprint density at radius 1 is 1.20 bits per heavy atom. The molecule has 0 nitrogen and oxygen atoms in total. The van der Waals surface area contributed by atoms with E-state index in [0.717, 1.165) is 6.08 Å². The zero-order valence-electron chi connectivity index (χ0n) is 6.12. The molecule has 0 heterocycles. The molecule has 0 fully saturated rings. The number of hydrogen-bond donors (Lipinski definition) is 0. The van der Waals surface area contributed by atoms with Crippen molar-refractivity contribution in [2.24, 2.45) is 0 Å². The van der Waals surface area contributed by atoms with Crippen molar-refractivity contribution in [3.05, 3.63) is 36.0 Å². The third-order valence-corrected chi connectivity index (χ3v) is 1.06. The Kier molecular flexibility index (Phi) is 3.62. The van der Waals surface area contributed by atoms with Gasteiger partial charge in [-0.2, -0.15) is 0 Å². The van der Waals surface area contributed by atoms with Crippen LogP contribution < -0.4 is 0 Å². The van der Waals surface area contributed by atoms with Gasteiger partial charge in [0.15, 0.2) is 0 Å². The van der Waals surface area contributed by atoms with Crippen LogP contribution in [0.5, 0.6) is 0 Å². The van der Waals surface area contributed by atoms with E-state index in [1.807, 2.05) is 0 Å². The van der Waals surface area contributed by atoms with Gasteiger partial charge in [-0.25, -0.2) is 8.78 Å². The maximum atomic E-state index is 12.2. The molecule has 0 bridgehead atoms. The molecule has 2 heteroatoms. The summed E-state index contributed by atoms with van der Waals surface area (Å²) in [7, 11) is 0. The molecule has 56 valence electrons. The molecule has 0 amide bonds. The summed E-state index contributed by atoms with van der Waals surface area (Å²) in [5, 5.41) is 0. The van der Waals surface area contributed by atoms with Crippen molar-refractivity contribution >= 4 is 0 Å². The van der Waals surface area contributed by atoms with Gasteiger partial charge in [0.25, 0.3) is 0 Å². The normalized spacial score (nSPS) is 13.6. The zero-order valence-corrected chi connectivity index (χ0v) is 6.12. The summed E-state index contributed by atoms with van der Waals surface area (Å²) in [6.07, 6.45) is 2.47. The maximum Gasteiger partial charge on any atom is 0.116 e. The Morgan fingerprint density at radius 3 is 2.00 bits per heavy atom. The van der Waals surface area contributed by atoms with E-state index < -0.39 is 5.83 Å². The standard InChI is InChI=1S/C8H10F2/c1-6(8(3)10)4-5-7(2)9/h4-5H,2H2,1,3H3/b5-4-,8-6+. The minimum Gasteiger partial charge on any atom is -0.212 e. The molecule has 0 unspecified atom stereocenters. The fourth-order valence-electron chi connectivity index (χ4n) is 0.330. The van der Waals surface area contributed by atoms with E-state index >= 15 is 0 Å². The van der Waals surface area contributed by atoms with Crippen molar-refractivity contribution in [2.75, 3.05) is 0 Å². The first-order valence-corrected chi connectivity index (χ1v) is 2.89. The van der Waals surface area contributed by atoms with Gasteiger partial charge < -0.3 is 0 Å². The maximum absolute atomic E-state index is 12.2. The quantitative estimate of drug-likeness (QED) is 0.521. The molecular weight excluding hydrogens is 134 g/mol. The first kappa shape index (κ1) is 9.08. The lowest BCUT2D eigenvalue weighted by atomic mass is 10.2. The van der Waals surface area contributed by atoms with E-state index in [4.69, 9.17) is 0 Å². The highest BCUT2D eigenvalue weighted by Gasteiger charge is 1.88. The second-order valence-electron chi connectivity index (χ2n) is 2.00. The molecular formula is C8H10F2. The van der Waals surface area contributed by atoms with Crippen molar-refractivity contribution < 1.29 is 8.78 Å². The minimum absolute atomic E-state index is 0.308. The molecule has 0 aliphatic carbocycles. The largest absolute Gasteiger partial charge is 0.212 e. The van der Waals surface area contributed by atoms with E-state index in [0.29, 0.717) is 5.57 Å². The number of rotatable bonds is 2. The van der Waals surface area contributed by atoms with Gasteiger partial charge in [-0.15, -0.1) is 0 Å². The minimum atomic E-state index is -0.569. The van der Waals surface area contributed by atoms with Gasteiger partial charge in [0.2, 0.25) is 0 Å². The lowest BCUT2D eigenvalue weighted by molar-refractivity contribution is 0.631. The first-order valence-electron chi connectivity index (χ1n) is 2.89. The Hall–Kier alpha value is -0.920.